The number of hydrogen-bond acceptors (Lipinski definition) is 2. The summed E-state index contributed by atoms with van der Waals surface area (Å²) in [6.45, 7) is 7.56. The van der Waals surface area contributed by atoms with Gasteiger partial charge in [0.15, 0.2) is 0 Å². The third-order valence-electron chi connectivity index (χ3n) is 3.66. The highest BCUT2D eigenvalue weighted by molar-refractivity contribution is 5.22. The third kappa shape index (κ3) is 3.77. The molecule has 1 saturated carbocycles. The van der Waals surface area contributed by atoms with Crippen LogP contribution in [0, 0.1) is 11.7 Å². The van der Waals surface area contributed by atoms with Crippen LogP contribution in [0.1, 0.15) is 45.2 Å². The molecule has 1 aliphatic carbocycles. The van der Waals surface area contributed by atoms with E-state index in [2.05, 4.69) is 18.7 Å². The molecule has 0 spiro atoms. The van der Waals surface area contributed by atoms with Crippen LogP contribution in [-0.4, -0.2) is 23.5 Å². The third-order valence-corrected chi connectivity index (χ3v) is 3.66. The van der Waals surface area contributed by atoms with Crippen molar-refractivity contribution >= 4 is 0 Å². The fourth-order valence-electron chi connectivity index (χ4n) is 2.77. The van der Waals surface area contributed by atoms with E-state index in [1.165, 1.54) is 25.0 Å². The molecular formula is C16H25FN2. The van der Waals surface area contributed by atoms with Crippen molar-refractivity contribution in [2.45, 2.75) is 51.7 Å². The monoisotopic (exact) mass is 264 g/mol. The Kier molecular flexibility index (Phi) is 4.58. The van der Waals surface area contributed by atoms with Gasteiger partial charge in [-0.25, -0.2) is 4.39 Å². The summed E-state index contributed by atoms with van der Waals surface area (Å²) in [6, 6.07) is 7.71. The van der Waals surface area contributed by atoms with E-state index in [9.17, 15) is 4.39 Å². The van der Waals surface area contributed by atoms with Gasteiger partial charge in [-0.3, -0.25) is 4.90 Å². The van der Waals surface area contributed by atoms with Gasteiger partial charge in [-0.15, -0.1) is 0 Å². The molecule has 0 saturated heterocycles. The fraction of sp³-hybridized carbons (Fsp3) is 0.625. The van der Waals surface area contributed by atoms with Crippen molar-refractivity contribution < 1.29 is 4.39 Å². The molecule has 0 amide bonds. The minimum absolute atomic E-state index is 0.0461. The van der Waals surface area contributed by atoms with Crippen molar-refractivity contribution in [2.75, 3.05) is 6.54 Å². The van der Waals surface area contributed by atoms with E-state index in [4.69, 9.17) is 5.73 Å². The smallest absolute Gasteiger partial charge is 0.123 e. The topological polar surface area (TPSA) is 29.3 Å². The SMILES string of the molecule is CC(C)CN(C1CC1)C(c1ccc(F)cc1)C(C)N. The Morgan fingerprint density at radius 1 is 1.21 bits per heavy atom. The molecule has 0 aliphatic heterocycles. The summed E-state index contributed by atoms with van der Waals surface area (Å²) < 4.78 is 13.1. The van der Waals surface area contributed by atoms with Crippen LogP contribution in [0.15, 0.2) is 24.3 Å². The van der Waals surface area contributed by atoms with Crippen LogP contribution in [0.25, 0.3) is 0 Å². The van der Waals surface area contributed by atoms with Crippen LogP contribution in [0.4, 0.5) is 4.39 Å². The Labute approximate surface area is 115 Å². The second-order valence-electron chi connectivity index (χ2n) is 6.18. The summed E-state index contributed by atoms with van der Waals surface area (Å²) in [5, 5.41) is 0. The summed E-state index contributed by atoms with van der Waals surface area (Å²) in [4.78, 5) is 2.52. The molecule has 1 aromatic rings. The maximum absolute atomic E-state index is 13.1. The summed E-state index contributed by atoms with van der Waals surface area (Å²) >= 11 is 0. The van der Waals surface area contributed by atoms with Gasteiger partial charge in [0, 0.05) is 24.7 Å². The molecular weight excluding hydrogens is 239 g/mol. The Bertz CT molecular complexity index is 396. The minimum Gasteiger partial charge on any atom is -0.326 e. The first-order valence-electron chi connectivity index (χ1n) is 7.26. The number of rotatable bonds is 6. The van der Waals surface area contributed by atoms with Crippen molar-refractivity contribution in [3.63, 3.8) is 0 Å². The molecule has 2 N–H and O–H groups in total. The van der Waals surface area contributed by atoms with Crippen molar-refractivity contribution in [3.8, 4) is 0 Å². The average molecular weight is 264 g/mol. The lowest BCUT2D eigenvalue weighted by Gasteiger charge is -2.36. The molecule has 1 fully saturated rings. The lowest BCUT2D eigenvalue weighted by atomic mass is 9.97. The molecule has 1 aliphatic rings. The minimum atomic E-state index is -0.186. The highest BCUT2D eigenvalue weighted by atomic mass is 19.1. The fourth-order valence-corrected chi connectivity index (χ4v) is 2.77. The first kappa shape index (κ1) is 14.5. The van der Waals surface area contributed by atoms with Crippen LogP contribution < -0.4 is 5.73 Å². The zero-order chi connectivity index (χ0) is 14.0. The Balaban J connectivity index is 2.24. The summed E-state index contributed by atoms with van der Waals surface area (Å²) in [6.07, 6.45) is 2.52. The van der Waals surface area contributed by atoms with Crippen LogP contribution in [-0.2, 0) is 0 Å². The first-order chi connectivity index (χ1) is 8.99. The van der Waals surface area contributed by atoms with Crippen molar-refractivity contribution in [3.05, 3.63) is 35.6 Å². The summed E-state index contributed by atoms with van der Waals surface area (Å²) in [5.41, 5.74) is 7.34. The molecule has 2 rings (SSSR count). The molecule has 2 atom stereocenters. The quantitative estimate of drug-likeness (QED) is 0.854. The van der Waals surface area contributed by atoms with Gasteiger partial charge in [0.2, 0.25) is 0 Å². The highest BCUT2D eigenvalue weighted by Crippen LogP contribution is 2.36. The lowest BCUT2D eigenvalue weighted by molar-refractivity contribution is 0.147. The van der Waals surface area contributed by atoms with E-state index in [-0.39, 0.29) is 17.9 Å². The van der Waals surface area contributed by atoms with E-state index in [1.54, 1.807) is 0 Å². The van der Waals surface area contributed by atoms with E-state index < -0.39 is 0 Å². The van der Waals surface area contributed by atoms with Crippen LogP contribution in [0.3, 0.4) is 0 Å². The number of nitrogens with zero attached hydrogens (tertiary/aromatic N) is 1. The zero-order valence-corrected chi connectivity index (χ0v) is 12.1. The Morgan fingerprint density at radius 2 is 1.79 bits per heavy atom. The second-order valence-corrected chi connectivity index (χ2v) is 6.18. The number of nitrogens with two attached hydrogens (primary N) is 1. The Morgan fingerprint density at radius 3 is 2.21 bits per heavy atom. The Hall–Kier alpha value is -0.930. The van der Waals surface area contributed by atoms with E-state index in [0.717, 1.165) is 12.1 Å². The van der Waals surface area contributed by atoms with E-state index >= 15 is 0 Å². The number of benzene rings is 1. The normalized spacial score (nSPS) is 18.9. The predicted molar refractivity (Wildman–Crippen MR) is 77.4 cm³/mol. The largest absolute Gasteiger partial charge is 0.326 e. The van der Waals surface area contributed by atoms with Gasteiger partial charge < -0.3 is 5.73 Å². The molecule has 0 aromatic heterocycles. The van der Waals surface area contributed by atoms with Gasteiger partial charge in [-0.1, -0.05) is 26.0 Å². The van der Waals surface area contributed by atoms with Crippen LogP contribution >= 0.6 is 0 Å². The van der Waals surface area contributed by atoms with Crippen molar-refractivity contribution in [2.24, 2.45) is 11.7 Å². The van der Waals surface area contributed by atoms with Crippen molar-refractivity contribution in [1.29, 1.82) is 0 Å². The highest BCUT2D eigenvalue weighted by Gasteiger charge is 2.36. The second kappa shape index (κ2) is 6.02. The molecule has 2 nitrogen and oxygen atoms in total. The molecule has 106 valence electrons. The van der Waals surface area contributed by atoms with E-state index in [0.29, 0.717) is 12.0 Å². The van der Waals surface area contributed by atoms with Gasteiger partial charge in [-0.05, 0) is 43.4 Å². The van der Waals surface area contributed by atoms with Crippen molar-refractivity contribution in [1.82, 2.24) is 4.90 Å². The van der Waals surface area contributed by atoms with Gasteiger partial charge in [-0.2, -0.15) is 0 Å². The number of hydrogen-bond donors (Lipinski definition) is 1. The zero-order valence-electron chi connectivity index (χ0n) is 12.1. The molecule has 0 bridgehead atoms. The van der Waals surface area contributed by atoms with Gasteiger partial charge >= 0.3 is 0 Å². The maximum atomic E-state index is 13.1. The summed E-state index contributed by atoms with van der Waals surface area (Å²) in [7, 11) is 0. The summed E-state index contributed by atoms with van der Waals surface area (Å²) in [5.74, 6) is 0.427. The predicted octanol–water partition coefficient (Wildman–Crippen LogP) is 3.33. The first-order valence-corrected chi connectivity index (χ1v) is 7.26. The van der Waals surface area contributed by atoms with Gasteiger partial charge in [0.25, 0.3) is 0 Å². The molecule has 3 heteroatoms. The van der Waals surface area contributed by atoms with Gasteiger partial charge in [0.1, 0.15) is 5.82 Å². The molecule has 1 aromatic carbocycles. The number of halogens is 1. The average Bonchev–Trinajstić information content (AvgIpc) is 3.13. The standard InChI is InChI=1S/C16H25FN2/c1-11(2)10-19(15-8-9-15)16(12(3)18)13-4-6-14(17)7-5-13/h4-7,11-12,15-16H,8-10,18H2,1-3H3. The molecule has 2 unspecified atom stereocenters. The van der Waals surface area contributed by atoms with Crippen LogP contribution in [0.2, 0.25) is 0 Å². The molecule has 19 heavy (non-hydrogen) atoms. The lowest BCUT2D eigenvalue weighted by Crippen LogP contribution is -2.42. The van der Waals surface area contributed by atoms with E-state index in [1.807, 2.05) is 19.1 Å². The van der Waals surface area contributed by atoms with Gasteiger partial charge in [0.05, 0.1) is 0 Å². The molecule has 0 radical (unpaired) electrons. The molecule has 0 heterocycles. The maximum Gasteiger partial charge on any atom is 0.123 e. The van der Waals surface area contributed by atoms with Crippen LogP contribution in [0.5, 0.6) is 0 Å².